The van der Waals surface area contributed by atoms with Gasteiger partial charge in [0.1, 0.15) is 0 Å². The molecule has 106 valence electrons. The van der Waals surface area contributed by atoms with Gasteiger partial charge in [0.25, 0.3) is 5.91 Å². The quantitative estimate of drug-likeness (QED) is 0.621. The summed E-state index contributed by atoms with van der Waals surface area (Å²) in [6, 6.07) is 25.5. The summed E-state index contributed by atoms with van der Waals surface area (Å²) in [6.07, 6.45) is 0. The molecule has 0 aliphatic carbocycles. The fourth-order valence-corrected chi connectivity index (χ4v) is 3.69. The van der Waals surface area contributed by atoms with Gasteiger partial charge in [-0.3, -0.25) is 9.69 Å². The van der Waals surface area contributed by atoms with Crippen LogP contribution < -0.4 is 4.90 Å². The normalized spacial score (nSPS) is 12.5. The van der Waals surface area contributed by atoms with Crippen molar-refractivity contribution in [1.29, 1.82) is 0 Å². The standard InChI is InChI=1S/C19H13NOS/c21-19(14-8-2-1-3-9-14)20-15-10-4-6-12-17(15)22-18-13-7-5-11-16(18)20/h1-13H. The first-order valence-electron chi connectivity index (χ1n) is 7.10. The first-order valence-corrected chi connectivity index (χ1v) is 7.92. The van der Waals surface area contributed by atoms with Crippen molar-refractivity contribution in [2.45, 2.75) is 9.79 Å². The highest BCUT2D eigenvalue weighted by Crippen LogP contribution is 2.48. The van der Waals surface area contributed by atoms with Crippen LogP contribution in [0.3, 0.4) is 0 Å². The second kappa shape index (κ2) is 5.35. The lowest BCUT2D eigenvalue weighted by Gasteiger charge is -2.31. The summed E-state index contributed by atoms with van der Waals surface area (Å²) in [6.45, 7) is 0. The Morgan fingerprint density at radius 1 is 0.682 bits per heavy atom. The number of carbonyl (C=O) groups is 1. The third kappa shape index (κ3) is 2.11. The van der Waals surface area contributed by atoms with Gasteiger partial charge in [0, 0.05) is 15.4 Å². The molecule has 22 heavy (non-hydrogen) atoms. The Bertz CT molecular complexity index is 799. The molecule has 2 nitrogen and oxygen atoms in total. The monoisotopic (exact) mass is 303 g/mol. The Hall–Kier alpha value is -2.52. The molecule has 0 aromatic heterocycles. The molecule has 0 saturated heterocycles. The molecule has 4 rings (SSSR count). The fraction of sp³-hybridized carbons (Fsp3) is 0. The average molecular weight is 303 g/mol. The van der Waals surface area contributed by atoms with Gasteiger partial charge in [0.2, 0.25) is 0 Å². The van der Waals surface area contributed by atoms with E-state index < -0.39 is 0 Å². The van der Waals surface area contributed by atoms with Gasteiger partial charge in [0.05, 0.1) is 11.4 Å². The van der Waals surface area contributed by atoms with Crippen LogP contribution in [0.1, 0.15) is 10.4 Å². The SMILES string of the molecule is O=C(c1ccccc1)N1c2ccccc2Sc2ccccc21. The van der Waals surface area contributed by atoms with Crippen LogP contribution in [0.2, 0.25) is 0 Å². The molecule has 1 amide bonds. The van der Waals surface area contributed by atoms with E-state index in [0.29, 0.717) is 5.56 Å². The molecule has 1 heterocycles. The van der Waals surface area contributed by atoms with E-state index in [-0.39, 0.29) is 5.91 Å². The molecule has 0 spiro atoms. The van der Waals surface area contributed by atoms with Gasteiger partial charge in [-0.05, 0) is 36.4 Å². The largest absolute Gasteiger partial charge is 0.275 e. The minimum atomic E-state index is 0.000741. The minimum Gasteiger partial charge on any atom is -0.275 e. The summed E-state index contributed by atoms with van der Waals surface area (Å²) in [7, 11) is 0. The van der Waals surface area contributed by atoms with E-state index in [9.17, 15) is 4.79 Å². The number of anilines is 2. The van der Waals surface area contributed by atoms with Gasteiger partial charge < -0.3 is 0 Å². The van der Waals surface area contributed by atoms with E-state index in [2.05, 4.69) is 12.1 Å². The van der Waals surface area contributed by atoms with Crippen molar-refractivity contribution in [3.63, 3.8) is 0 Å². The van der Waals surface area contributed by atoms with Crippen LogP contribution in [-0.2, 0) is 0 Å². The zero-order valence-electron chi connectivity index (χ0n) is 11.8. The summed E-state index contributed by atoms with van der Waals surface area (Å²) in [5.74, 6) is 0.000741. The van der Waals surface area contributed by atoms with Gasteiger partial charge in [-0.25, -0.2) is 0 Å². The summed E-state index contributed by atoms with van der Waals surface area (Å²) in [4.78, 5) is 17.1. The Morgan fingerprint density at radius 3 is 1.77 bits per heavy atom. The van der Waals surface area contributed by atoms with Crippen molar-refractivity contribution in [2.75, 3.05) is 4.90 Å². The van der Waals surface area contributed by atoms with Gasteiger partial charge in [-0.1, -0.05) is 54.2 Å². The molecular weight excluding hydrogens is 290 g/mol. The maximum Gasteiger partial charge on any atom is 0.262 e. The molecule has 1 aliphatic rings. The fourth-order valence-electron chi connectivity index (χ4n) is 2.63. The van der Waals surface area contributed by atoms with E-state index in [1.807, 2.05) is 71.6 Å². The van der Waals surface area contributed by atoms with Crippen LogP contribution >= 0.6 is 11.8 Å². The molecule has 3 heteroatoms. The highest BCUT2D eigenvalue weighted by atomic mass is 32.2. The predicted molar refractivity (Wildman–Crippen MR) is 89.9 cm³/mol. The average Bonchev–Trinajstić information content (AvgIpc) is 2.60. The van der Waals surface area contributed by atoms with Crippen LogP contribution in [0.25, 0.3) is 0 Å². The number of amides is 1. The number of fused-ring (bicyclic) bond motifs is 2. The number of hydrogen-bond donors (Lipinski definition) is 0. The Kier molecular flexibility index (Phi) is 3.20. The minimum absolute atomic E-state index is 0.000741. The molecule has 0 N–H and O–H groups in total. The third-order valence-electron chi connectivity index (χ3n) is 3.66. The number of hydrogen-bond acceptors (Lipinski definition) is 2. The van der Waals surface area contributed by atoms with Crippen LogP contribution in [0.5, 0.6) is 0 Å². The second-order valence-electron chi connectivity index (χ2n) is 5.04. The van der Waals surface area contributed by atoms with Crippen LogP contribution in [0.15, 0.2) is 88.7 Å². The van der Waals surface area contributed by atoms with Crippen molar-refractivity contribution in [3.8, 4) is 0 Å². The van der Waals surface area contributed by atoms with Crippen molar-refractivity contribution in [3.05, 3.63) is 84.4 Å². The molecule has 3 aromatic rings. The number of rotatable bonds is 1. The molecule has 0 saturated carbocycles. The Morgan fingerprint density at radius 2 is 1.18 bits per heavy atom. The van der Waals surface area contributed by atoms with E-state index >= 15 is 0 Å². The van der Waals surface area contributed by atoms with Crippen molar-refractivity contribution in [1.82, 2.24) is 0 Å². The van der Waals surface area contributed by atoms with Crippen LogP contribution in [0.4, 0.5) is 11.4 Å². The topological polar surface area (TPSA) is 20.3 Å². The first kappa shape index (κ1) is 13.2. The predicted octanol–water partition coefficient (Wildman–Crippen LogP) is 5.13. The molecule has 0 atom stereocenters. The number of nitrogens with zero attached hydrogens (tertiary/aromatic N) is 1. The maximum atomic E-state index is 13.0. The third-order valence-corrected chi connectivity index (χ3v) is 4.79. The maximum absolute atomic E-state index is 13.0. The molecule has 1 aliphatic heterocycles. The number of benzene rings is 3. The molecule has 0 radical (unpaired) electrons. The zero-order valence-corrected chi connectivity index (χ0v) is 12.6. The number of carbonyl (C=O) groups excluding carboxylic acids is 1. The highest BCUT2D eigenvalue weighted by Gasteiger charge is 2.28. The molecule has 3 aromatic carbocycles. The highest BCUT2D eigenvalue weighted by molar-refractivity contribution is 7.99. The van der Waals surface area contributed by atoms with E-state index in [4.69, 9.17) is 0 Å². The second-order valence-corrected chi connectivity index (χ2v) is 6.13. The Balaban J connectivity index is 1.90. The van der Waals surface area contributed by atoms with Crippen molar-refractivity contribution >= 4 is 29.0 Å². The van der Waals surface area contributed by atoms with Crippen LogP contribution in [-0.4, -0.2) is 5.91 Å². The van der Waals surface area contributed by atoms with Crippen molar-refractivity contribution < 1.29 is 4.79 Å². The molecule has 0 unspecified atom stereocenters. The Labute approximate surface area is 133 Å². The van der Waals surface area contributed by atoms with Crippen molar-refractivity contribution in [2.24, 2.45) is 0 Å². The van der Waals surface area contributed by atoms with Gasteiger partial charge in [0.15, 0.2) is 0 Å². The van der Waals surface area contributed by atoms with Gasteiger partial charge >= 0.3 is 0 Å². The van der Waals surface area contributed by atoms with Crippen LogP contribution in [0, 0.1) is 0 Å². The summed E-state index contributed by atoms with van der Waals surface area (Å²) < 4.78 is 0. The molecule has 0 fully saturated rings. The molecular formula is C19H13NOS. The first-order chi connectivity index (χ1) is 10.8. The smallest absolute Gasteiger partial charge is 0.262 e. The number of para-hydroxylation sites is 2. The van der Waals surface area contributed by atoms with E-state index in [1.54, 1.807) is 11.8 Å². The lowest BCUT2D eigenvalue weighted by atomic mass is 10.1. The van der Waals surface area contributed by atoms with E-state index in [0.717, 1.165) is 21.2 Å². The molecule has 0 bridgehead atoms. The summed E-state index contributed by atoms with van der Waals surface area (Å²) in [5.41, 5.74) is 2.58. The lowest BCUT2D eigenvalue weighted by molar-refractivity contribution is 0.0998. The van der Waals surface area contributed by atoms with Gasteiger partial charge in [-0.15, -0.1) is 0 Å². The summed E-state index contributed by atoms with van der Waals surface area (Å²) >= 11 is 1.70. The zero-order chi connectivity index (χ0) is 14.9. The lowest BCUT2D eigenvalue weighted by Crippen LogP contribution is -2.28. The van der Waals surface area contributed by atoms with E-state index in [1.165, 1.54) is 0 Å². The summed E-state index contributed by atoms with van der Waals surface area (Å²) in [5, 5.41) is 0. The van der Waals surface area contributed by atoms with Gasteiger partial charge in [-0.2, -0.15) is 0 Å².